The summed E-state index contributed by atoms with van der Waals surface area (Å²) in [5.41, 5.74) is -0.800. The second-order valence-corrected chi connectivity index (χ2v) is 5.50. The van der Waals surface area contributed by atoms with Gasteiger partial charge in [-0.25, -0.2) is 19.2 Å². The molecule has 1 amide bonds. The molecule has 0 radical (unpaired) electrons. The predicted molar refractivity (Wildman–Crippen MR) is 97.4 cm³/mol. The summed E-state index contributed by atoms with van der Waals surface area (Å²) in [6, 6.07) is 10.8. The van der Waals surface area contributed by atoms with Crippen LogP contribution in [0.2, 0.25) is 0 Å². The minimum atomic E-state index is -1.05. The number of carbonyl (C=O) groups is 1. The Labute approximate surface area is 156 Å². The number of halogens is 1. The molecule has 0 bridgehead atoms. The van der Waals surface area contributed by atoms with Gasteiger partial charge in [-0.3, -0.25) is 14.6 Å². The van der Waals surface area contributed by atoms with Crippen LogP contribution >= 0.6 is 0 Å². The fourth-order valence-corrected chi connectivity index (χ4v) is 2.39. The molecule has 1 aromatic heterocycles. The number of hydrogen-bond donors (Lipinski definition) is 4. The maximum atomic E-state index is 14.0. The smallest absolute Gasteiger partial charge is 0.335 e. The van der Waals surface area contributed by atoms with Crippen LogP contribution < -0.4 is 16.7 Å². The number of aromatic amines is 1. The molecule has 0 aliphatic heterocycles. The topological polar surface area (TPSA) is 137 Å². The van der Waals surface area contributed by atoms with Crippen molar-refractivity contribution >= 4 is 12.1 Å². The van der Waals surface area contributed by atoms with E-state index in [-0.39, 0.29) is 17.0 Å². The zero-order chi connectivity index (χ0) is 20.3. The van der Waals surface area contributed by atoms with Crippen molar-refractivity contribution in [2.45, 2.75) is 0 Å². The van der Waals surface area contributed by atoms with E-state index >= 15 is 0 Å². The van der Waals surface area contributed by atoms with Gasteiger partial charge in [-0.15, -0.1) is 0 Å². The molecule has 0 saturated heterocycles. The van der Waals surface area contributed by atoms with Gasteiger partial charge in [0.15, 0.2) is 0 Å². The quantitative estimate of drug-likeness (QED) is 0.390. The Morgan fingerprint density at radius 2 is 1.79 bits per heavy atom. The van der Waals surface area contributed by atoms with E-state index in [4.69, 9.17) is 0 Å². The minimum Gasteiger partial charge on any atom is -0.507 e. The third-order valence-electron chi connectivity index (χ3n) is 3.72. The summed E-state index contributed by atoms with van der Waals surface area (Å²) in [5.74, 6) is -2.71. The maximum absolute atomic E-state index is 14.0. The van der Waals surface area contributed by atoms with Crippen molar-refractivity contribution in [3.05, 3.63) is 86.3 Å². The van der Waals surface area contributed by atoms with Crippen molar-refractivity contribution in [3.63, 3.8) is 0 Å². The number of nitrogens with zero attached hydrogens (tertiary/aromatic N) is 2. The first kappa shape index (κ1) is 18.6. The van der Waals surface area contributed by atoms with Gasteiger partial charge in [-0.1, -0.05) is 24.3 Å². The van der Waals surface area contributed by atoms with Crippen LogP contribution in [0.1, 0.15) is 15.9 Å². The number of nitrogens with one attached hydrogen (secondary N) is 2. The van der Waals surface area contributed by atoms with Crippen LogP contribution in [-0.4, -0.2) is 31.9 Å². The van der Waals surface area contributed by atoms with Crippen molar-refractivity contribution in [1.29, 1.82) is 0 Å². The second-order valence-electron chi connectivity index (χ2n) is 5.50. The summed E-state index contributed by atoms with van der Waals surface area (Å²) in [7, 11) is 0. The minimum absolute atomic E-state index is 0.0610. The maximum Gasteiger partial charge on any atom is 0.335 e. The molecule has 3 rings (SSSR count). The predicted octanol–water partition coefficient (Wildman–Crippen LogP) is 0.840. The average molecular weight is 384 g/mol. The summed E-state index contributed by atoms with van der Waals surface area (Å²) in [5, 5.41) is 23.5. The zero-order valence-electron chi connectivity index (χ0n) is 14.1. The molecule has 0 spiro atoms. The molecule has 2 aromatic carbocycles. The van der Waals surface area contributed by atoms with E-state index in [1.807, 2.05) is 4.98 Å². The highest BCUT2D eigenvalue weighted by molar-refractivity contribution is 5.97. The van der Waals surface area contributed by atoms with Gasteiger partial charge in [0.25, 0.3) is 11.5 Å². The van der Waals surface area contributed by atoms with E-state index in [9.17, 15) is 29.0 Å². The lowest BCUT2D eigenvalue weighted by Crippen LogP contribution is -2.32. The molecule has 1 heterocycles. The number of H-pyrrole nitrogens is 1. The number of phenols is 1. The molecule has 9 nitrogen and oxygen atoms in total. The van der Waals surface area contributed by atoms with Crippen LogP contribution in [0.25, 0.3) is 5.69 Å². The largest absolute Gasteiger partial charge is 0.507 e. The van der Waals surface area contributed by atoms with Crippen molar-refractivity contribution < 1.29 is 19.4 Å². The fourth-order valence-electron chi connectivity index (χ4n) is 2.39. The van der Waals surface area contributed by atoms with Gasteiger partial charge in [0.05, 0.1) is 17.5 Å². The Morgan fingerprint density at radius 3 is 2.50 bits per heavy atom. The van der Waals surface area contributed by atoms with Crippen LogP contribution in [0.5, 0.6) is 11.6 Å². The third-order valence-corrected chi connectivity index (χ3v) is 3.72. The normalized spacial score (nSPS) is 10.9. The number of aromatic hydroxyl groups is 2. The number of benzene rings is 2. The monoisotopic (exact) mass is 384 g/mol. The molecule has 0 aliphatic carbocycles. The number of phenolic OH excluding ortho intramolecular Hbond substituents is 1. The Bertz CT molecular complexity index is 1200. The molecule has 0 unspecified atom stereocenters. The number of para-hydroxylation sites is 2. The highest BCUT2D eigenvalue weighted by atomic mass is 19.1. The number of hydrazone groups is 1. The Kier molecular flexibility index (Phi) is 5.03. The molecule has 142 valence electrons. The van der Waals surface area contributed by atoms with Crippen LogP contribution in [0.15, 0.2) is 63.2 Å². The molecule has 3 aromatic rings. The van der Waals surface area contributed by atoms with Gasteiger partial charge < -0.3 is 10.2 Å². The molecule has 0 atom stereocenters. The van der Waals surface area contributed by atoms with Crippen LogP contribution in [0.4, 0.5) is 4.39 Å². The van der Waals surface area contributed by atoms with Crippen molar-refractivity contribution in [2.75, 3.05) is 0 Å². The molecule has 28 heavy (non-hydrogen) atoms. The summed E-state index contributed by atoms with van der Waals surface area (Å²) in [6.07, 6.45) is 0.794. The van der Waals surface area contributed by atoms with Gasteiger partial charge in [0, 0.05) is 0 Å². The molecular weight excluding hydrogens is 371 g/mol. The SMILES string of the molecule is O=C(NN=Cc1c(O)n(-c2ccccc2F)c(=O)[nH]c1=O)c1ccccc1O. The lowest BCUT2D eigenvalue weighted by Gasteiger charge is -2.10. The average Bonchev–Trinajstić information content (AvgIpc) is 2.66. The van der Waals surface area contributed by atoms with Crippen molar-refractivity contribution in [1.82, 2.24) is 15.0 Å². The Hall–Kier alpha value is -4.21. The van der Waals surface area contributed by atoms with Crippen molar-refractivity contribution in [3.8, 4) is 17.3 Å². The summed E-state index contributed by atoms with van der Waals surface area (Å²) < 4.78 is 14.5. The fraction of sp³-hybridized carbons (Fsp3) is 0. The van der Waals surface area contributed by atoms with Crippen LogP contribution in [0, 0.1) is 5.82 Å². The number of aromatic nitrogens is 2. The van der Waals surface area contributed by atoms with E-state index in [2.05, 4.69) is 10.5 Å². The molecule has 4 N–H and O–H groups in total. The Morgan fingerprint density at radius 1 is 1.11 bits per heavy atom. The molecule has 0 saturated carbocycles. The first-order chi connectivity index (χ1) is 13.4. The summed E-state index contributed by atoms with van der Waals surface area (Å²) in [6.45, 7) is 0. The lowest BCUT2D eigenvalue weighted by molar-refractivity contribution is 0.0952. The molecule has 0 aliphatic rings. The van der Waals surface area contributed by atoms with Gasteiger partial charge in [0.2, 0.25) is 5.88 Å². The standard InChI is InChI=1S/C18H13FN4O5/c19-12-6-2-3-7-13(12)23-17(27)11(15(25)21-18(23)28)9-20-22-16(26)10-5-1-4-8-14(10)24/h1-9,24,27H,(H,22,26)(H,21,25,28). The van der Waals surface area contributed by atoms with E-state index in [0.29, 0.717) is 4.57 Å². The van der Waals surface area contributed by atoms with E-state index in [1.165, 1.54) is 42.5 Å². The first-order valence-corrected chi connectivity index (χ1v) is 7.84. The molecule has 10 heteroatoms. The summed E-state index contributed by atoms with van der Waals surface area (Å²) >= 11 is 0. The second kappa shape index (κ2) is 7.58. The summed E-state index contributed by atoms with van der Waals surface area (Å²) in [4.78, 5) is 37.9. The number of amides is 1. The number of hydrogen-bond acceptors (Lipinski definition) is 6. The zero-order valence-corrected chi connectivity index (χ0v) is 14.1. The van der Waals surface area contributed by atoms with Gasteiger partial charge >= 0.3 is 5.69 Å². The first-order valence-electron chi connectivity index (χ1n) is 7.84. The molecular formula is C18H13FN4O5. The van der Waals surface area contributed by atoms with Crippen LogP contribution in [0.3, 0.4) is 0 Å². The van der Waals surface area contributed by atoms with E-state index in [1.54, 1.807) is 0 Å². The van der Waals surface area contributed by atoms with E-state index < -0.39 is 34.4 Å². The number of rotatable bonds is 4. The highest BCUT2D eigenvalue weighted by Crippen LogP contribution is 2.18. The Balaban J connectivity index is 1.96. The van der Waals surface area contributed by atoms with Gasteiger partial charge in [0.1, 0.15) is 17.1 Å². The van der Waals surface area contributed by atoms with Crippen molar-refractivity contribution in [2.24, 2.45) is 5.10 Å². The van der Waals surface area contributed by atoms with E-state index in [0.717, 1.165) is 12.3 Å². The third kappa shape index (κ3) is 3.51. The molecule has 0 fully saturated rings. The lowest BCUT2D eigenvalue weighted by atomic mass is 10.2. The van der Waals surface area contributed by atoms with Gasteiger partial charge in [-0.2, -0.15) is 5.10 Å². The highest BCUT2D eigenvalue weighted by Gasteiger charge is 2.17. The number of carbonyl (C=O) groups excluding carboxylic acids is 1. The van der Waals surface area contributed by atoms with Crippen LogP contribution in [-0.2, 0) is 0 Å². The van der Waals surface area contributed by atoms with Gasteiger partial charge in [-0.05, 0) is 24.3 Å².